The molecule has 0 saturated carbocycles. The summed E-state index contributed by atoms with van der Waals surface area (Å²) in [6, 6.07) is 9.68. The van der Waals surface area contributed by atoms with Crippen molar-refractivity contribution in [3.05, 3.63) is 59.5 Å². The number of amides is 1. The molecule has 0 fully saturated rings. The molecule has 0 aliphatic rings. The lowest BCUT2D eigenvalue weighted by Gasteiger charge is -2.06. The second-order valence-electron chi connectivity index (χ2n) is 4.93. The van der Waals surface area contributed by atoms with E-state index in [2.05, 4.69) is 20.3 Å². The zero-order valence-electron chi connectivity index (χ0n) is 12.2. The highest BCUT2D eigenvalue weighted by molar-refractivity contribution is 5.96. The summed E-state index contributed by atoms with van der Waals surface area (Å²) in [5.74, 6) is -0.162. The molecule has 3 rings (SSSR count). The van der Waals surface area contributed by atoms with E-state index in [1.165, 1.54) is 6.20 Å². The van der Waals surface area contributed by atoms with Crippen LogP contribution in [0.2, 0.25) is 0 Å². The van der Waals surface area contributed by atoms with E-state index in [4.69, 9.17) is 4.74 Å². The number of carbonyl (C=O) groups excluding carboxylic acids is 1. The van der Waals surface area contributed by atoms with Crippen molar-refractivity contribution >= 4 is 17.1 Å². The van der Waals surface area contributed by atoms with Crippen LogP contribution in [-0.2, 0) is 17.9 Å². The number of hydrogen-bond donors (Lipinski definition) is 2. The Labute approximate surface area is 127 Å². The van der Waals surface area contributed by atoms with Gasteiger partial charge in [0.2, 0.25) is 0 Å². The second kappa shape index (κ2) is 6.36. The molecule has 2 heterocycles. The first-order chi connectivity index (χ1) is 10.8. The molecule has 0 aliphatic carbocycles. The summed E-state index contributed by atoms with van der Waals surface area (Å²) in [7, 11) is 1.67. The molecule has 0 spiro atoms. The first-order valence-electron chi connectivity index (χ1n) is 6.90. The fraction of sp³-hybridized carbons (Fsp3) is 0.188. The van der Waals surface area contributed by atoms with Gasteiger partial charge in [-0.15, -0.1) is 0 Å². The third-order valence-electron chi connectivity index (χ3n) is 3.32. The third-order valence-corrected chi connectivity index (χ3v) is 3.32. The summed E-state index contributed by atoms with van der Waals surface area (Å²) in [5.41, 5.74) is 3.99. The molecule has 22 heavy (non-hydrogen) atoms. The monoisotopic (exact) mass is 296 g/mol. The molecule has 0 bridgehead atoms. The Balaban J connectivity index is 1.63. The maximum absolute atomic E-state index is 12.1. The number of H-pyrrole nitrogens is 1. The molecule has 2 N–H and O–H groups in total. The molecule has 2 aromatic heterocycles. The predicted octanol–water partition coefficient (Wildman–Crippen LogP) is 2.03. The Morgan fingerprint density at radius 3 is 2.77 bits per heavy atom. The third kappa shape index (κ3) is 3.12. The number of aromatic nitrogens is 3. The molecular formula is C16H16N4O2. The lowest BCUT2D eigenvalue weighted by atomic mass is 10.1. The Morgan fingerprint density at radius 1 is 1.23 bits per heavy atom. The summed E-state index contributed by atoms with van der Waals surface area (Å²) >= 11 is 0. The maximum atomic E-state index is 12.1. The number of nitrogens with one attached hydrogen (secondary N) is 2. The quantitative estimate of drug-likeness (QED) is 0.755. The van der Waals surface area contributed by atoms with Crippen LogP contribution in [0.25, 0.3) is 11.2 Å². The number of pyridine rings is 1. The van der Waals surface area contributed by atoms with Gasteiger partial charge < -0.3 is 15.0 Å². The highest BCUT2D eigenvalue weighted by Crippen LogP contribution is 2.09. The van der Waals surface area contributed by atoms with Gasteiger partial charge in [-0.2, -0.15) is 0 Å². The van der Waals surface area contributed by atoms with Gasteiger partial charge in [0.25, 0.3) is 5.91 Å². The smallest absolute Gasteiger partial charge is 0.253 e. The van der Waals surface area contributed by atoms with E-state index in [9.17, 15) is 4.79 Å². The van der Waals surface area contributed by atoms with Crippen LogP contribution < -0.4 is 5.32 Å². The Kier molecular flexibility index (Phi) is 4.11. The first-order valence-corrected chi connectivity index (χ1v) is 6.90. The van der Waals surface area contributed by atoms with Crippen molar-refractivity contribution < 1.29 is 9.53 Å². The summed E-state index contributed by atoms with van der Waals surface area (Å²) in [5, 5.41) is 2.88. The molecule has 0 radical (unpaired) electrons. The number of hydrogen-bond acceptors (Lipinski definition) is 4. The molecule has 6 nitrogen and oxygen atoms in total. The second-order valence-corrected chi connectivity index (χ2v) is 4.93. The molecule has 112 valence electrons. The highest BCUT2D eigenvalue weighted by atomic mass is 16.5. The van der Waals surface area contributed by atoms with Crippen molar-refractivity contribution in [2.75, 3.05) is 7.11 Å². The number of rotatable bonds is 5. The number of carbonyl (C=O) groups is 1. The van der Waals surface area contributed by atoms with Gasteiger partial charge in [0.05, 0.1) is 24.0 Å². The summed E-state index contributed by atoms with van der Waals surface area (Å²) in [6.07, 6.45) is 3.08. The molecular weight excluding hydrogens is 280 g/mol. The van der Waals surface area contributed by atoms with Gasteiger partial charge in [0.1, 0.15) is 0 Å². The summed E-state index contributed by atoms with van der Waals surface area (Å²) in [4.78, 5) is 23.2. The van der Waals surface area contributed by atoms with E-state index in [-0.39, 0.29) is 5.91 Å². The zero-order valence-corrected chi connectivity index (χ0v) is 12.2. The minimum Gasteiger partial charge on any atom is -0.380 e. The fourth-order valence-corrected chi connectivity index (χ4v) is 2.16. The first kappa shape index (κ1) is 14.2. The van der Waals surface area contributed by atoms with E-state index >= 15 is 0 Å². The van der Waals surface area contributed by atoms with Crippen LogP contribution in [0, 0.1) is 0 Å². The van der Waals surface area contributed by atoms with Gasteiger partial charge in [-0.05, 0) is 17.2 Å². The topological polar surface area (TPSA) is 79.9 Å². The van der Waals surface area contributed by atoms with E-state index in [0.717, 1.165) is 16.6 Å². The molecule has 0 atom stereocenters. The van der Waals surface area contributed by atoms with Crippen molar-refractivity contribution in [1.29, 1.82) is 0 Å². The predicted molar refractivity (Wildman–Crippen MR) is 82.2 cm³/mol. The maximum Gasteiger partial charge on any atom is 0.253 e. The van der Waals surface area contributed by atoms with Crippen molar-refractivity contribution in [3.63, 3.8) is 0 Å². The van der Waals surface area contributed by atoms with E-state index in [1.54, 1.807) is 19.5 Å². The van der Waals surface area contributed by atoms with Crippen LogP contribution in [0.5, 0.6) is 0 Å². The van der Waals surface area contributed by atoms with E-state index in [0.29, 0.717) is 24.4 Å². The highest BCUT2D eigenvalue weighted by Gasteiger charge is 2.08. The molecule has 0 unspecified atom stereocenters. The van der Waals surface area contributed by atoms with Gasteiger partial charge in [0, 0.05) is 19.9 Å². The minimum atomic E-state index is -0.162. The number of ether oxygens (including phenoxy) is 1. The van der Waals surface area contributed by atoms with Crippen LogP contribution in [0.15, 0.2) is 42.9 Å². The van der Waals surface area contributed by atoms with E-state index < -0.39 is 0 Å². The van der Waals surface area contributed by atoms with Crippen LogP contribution in [-0.4, -0.2) is 28.0 Å². The molecule has 0 saturated heterocycles. The lowest BCUT2D eigenvalue weighted by Crippen LogP contribution is -2.22. The van der Waals surface area contributed by atoms with Crippen LogP contribution in [0.4, 0.5) is 0 Å². The Hall–Kier alpha value is -2.73. The molecule has 0 aliphatic heterocycles. The molecule has 1 amide bonds. The van der Waals surface area contributed by atoms with Crippen LogP contribution in [0.3, 0.4) is 0 Å². The van der Waals surface area contributed by atoms with E-state index in [1.807, 2.05) is 24.3 Å². The van der Waals surface area contributed by atoms with Crippen LogP contribution in [0.1, 0.15) is 21.5 Å². The Morgan fingerprint density at radius 2 is 2.00 bits per heavy atom. The molecule has 3 aromatic rings. The standard InChI is InChI=1S/C16H16N4O2/c1-22-9-12-4-2-11(3-5-12)7-18-16(21)13-6-14-15(17-8-13)20-10-19-14/h2-6,8,10H,7,9H2,1H3,(H,18,21)(H,17,19,20). The van der Waals surface area contributed by atoms with Gasteiger partial charge in [-0.1, -0.05) is 24.3 Å². The molecule has 1 aromatic carbocycles. The van der Waals surface area contributed by atoms with Crippen molar-refractivity contribution in [3.8, 4) is 0 Å². The van der Waals surface area contributed by atoms with Crippen molar-refractivity contribution in [1.82, 2.24) is 20.3 Å². The SMILES string of the molecule is COCc1ccc(CNC(=O)c2cnc3nc[nH]c3c2)cc1. The van der Waals surface area contributed by atoms with Crippen molar-refractivity contribution in [2.24, 2.45) is 0 Å². The average molecular weight is 296 g/mol. The van der Waals surface area contributed by atoms with Crippen molar-refractivity contribution in [2.45, 2.75) is 13.2 Å². The largest absolute Gasteiger partial charge is 0.380 e. The number of aromatic amines is 1. The normalized spacial score (nSPS) is 10.8. The number of imidazole rings is 1. The number of benzene rings is 1. The fourth-order valence-electron chi connectivity index (χ4n) is 2.16. The minimum absolute atomic E-state index is 0.162. The number of nitrogens with zero attached hydrogens (tertiary/aromatic N) is 2. The number of methoxy groups -OCH3 is 1. The van der Waals surface area contributed by atoms with Gasteiger partial charge >= 0.3 is 0 Å². The molecule has 6 heteroatoms. The summed E-state index contributed by atoms with van der Waals surface area (Å²) in [6.45, 7) is 1.05. The van der Waals surface area contributed by atoms with Gasteiger partial charge in [-0.25, -0.2) is 9.97 Å². The number of fused-ring (bicyclic) bond motifs is 1. The average Bonchev–Trinajstić information content (AvgIpc) is 3.01. The van der Waals surface area contributed by atoms with Crippen LogP contribution >= 0.6 is 0 Å². The van der Waals surface area contributed by atoms with Gasteiger partial charge in [-0.3, -0.25) is 4.79 Å². The zero-order chi connectivity index (χ0) is 15.4. The van der Waals surface area contributed by atoms with Gasteiger partial charge in [0.15, 0.2) is 5.65 Å². The summed E-state index contributed by atoms with van der Waals surface area (Å²) < 4.78 is 5.07. The Bertz CT molecular complexity index is 780. The lowest BCUT2D eigenvalue weighted by molar-refractivity contribution is 0.0950.